The molecule has 0 aliphatic heterocycles. The molecule has 0 aliphatic carbocycles. The van der Waals surface area contributed by atoms with Gasteiger partial charge in [-0.2, -0.15) is 0 Å². The lowest BCUT2D eigenvalue weighted by Crippen LogP contribution is -1.96. The van der Waals surface area contributed by atoms with Crippen molar-refractivity contribution in [1.29, 1.82) is 0 Å². The summed E-state index contributed by atoms with van der Waals surface area (Å²) >= 11 is 5.85. The van der Waals surface area contributed by atoms with Gasteiger partial charge in [0.05, 0.1) is 0 Å². The van der Waals surface area contributed by atoms with Crippen LogP contribution in [-0.4, -0.2) is 0 Å². The molecule has 2 aromatic rings. The minimum atomic E-state index is 0.781. The highest BCUT2D eigenvalue weighted by atomic mass is 35.5. The van der Waals surface area contributed by atoms with Crippen molar-refractivity contribution in [2.45, 2.75) is 87.0 Å². The van der Waals surface area contributed by atoms with Gasteiger partial charge in [0.2, 0.25) is 0 Å². The molecular formula is C27H43Cl. The summed E-state index contributed by atoms with van der Waals surface area (Å²) in [4.78, 5) is 0. The standard InChI is InChI=1S/C14H13Cl.C10H22.C3H8/c1-2-11-3-5-12(6-4-11)13-7-9-14(15)10-8-13;1-5-6-10(4)8-7-9(2)3;1-3-2/h3-10H,2H2,1H3;9-10H,5-8H2,1-4H3;3H2,1-2H3. The van der Waals surface area contributed by atoms with E-state index in [1.807, 2.05) is 24.3 Å². The van der Waals surface area contributed by atoms with Gasteiger partial charge in [0.15, 0.2) is 0 Å². The van der Waals surface area contributed by atoms with Gasteiger partial charge in [0.1, 0.15) is 0 Å². The molecule has 158 valence electrons. The molecule has 0 heterocycles. The Bertz CT molecular complexity index is 581. The highest BCUT2D eigenvalue weighted by Gasteiger charge is 2.01. The van der Waals surface area contributed by atoms with Gasteiger partial charge in [0.25, 0.3) is 0 Å². The first kappa shape index (κ1) is 26.7. The van der Waals surface area contributed by atoms with Gasteiger partial charge in [-0.05, 0) is 47.1 Å². The van der Waals surface area contributed by atoms with Gasteiger partial charge in [-0.3, -0.25) is 0 Å². The summed E-state index contributed by atoms with van der Waals surface area (Å²) in [5.74, 6) is 1.84. The van der Waals surface area contributed by atoms with Gasteiger partial charge in [-0.1, -0.05) is 129 Å². The van der Waals surface area contributed by atoms with E-state index in [1.165, 1.54) is 48.8 Å². The molecule has 0 spiro atoms. The van der Waals surface area contributed by atoms with Crippen molar-refractivity contribution >= 4 is 11.6 Å². The van der Waals surface area contributed by atoms with Gasteiger partial charge >= 0.3 is 0 Å². The molecule has 0 aromatic heterocycles. The summed E-state index contributed by atoms with van der Waals surface area (Å²) in [6, 6.07) is 16.6. The Hall–Kier alpha value is -1.27. The molecule has 2 aromatic carbocycles. The van der Waals surface area contributed by atoms with E-state index in [0.29, 0.717) is 0 Å². The fourth-order valence-corrected chi connectivity index (χ4v) is 2.96. The quantitative estimate of drug-likeness (QED) is 0.432. The molecule has 1 unspecified atom stereocenters. The van der Waals surface area contributed by atoms with Crippen LogP contribution in [-0.2, 0) is 6.42 Å². The maximum Gasteiger partial charge on any atom is 0.0406 e. The van der Waals surface area contributed by atoms with Crippen molar-refractivity contribution in [3.05, 3.63) is 59.1 Å². The molecule has 28 heavy (non-hydrogen) atoms. The zero-order valence-electron chi connectivity index (χ0n) is 19.4. The van der Waals surface area contributed by atoms with Crippen LogP contribution < -0.4 is 0 Å². The van der Waals surface area contributed by atoms with E-state index in [1.54, 1.807) is 0 Å². The number of aryl methyl sites for hydroxylation is 1. The minimum absolute atomic E-state index is 0.781. The van der Waals surface area contributed by atoms with Crippen LogP contribution in [0.15, 0.2) is 48.5 Å². The lowest BCUT2D eigenvalue weighted by Gasteiger charge is -2.10. The molecule has 0 fully saturated rings. The third-order valence-electron chi connectivity index (χ3n) is 4.56. The van der Waals surface area contributed by atoms with Crippen LogP contribution in [0.2, 0.25) is 5.02 Å². The molecule has 0 aliphatic rings. The summed E-state index contributed by atoms with van der Waals surface area (Å²) in [5.41, 5.74) is 3.82. The predicted octanol–water partition coefficient (Wildman–Crippen LogP) is 9.84. The van der Waals surface area contributed by atoms with Crippen LogP contribution in [0.4, 0.5) is 0 Å². The van der Waals surface area contributed by atoms with E-state index in [-0.39, 0.29) is 0 Å². The number of halogens is 1. The van der Waals surface area contributed by atoms with Crippen molar-refractivity contribution in [3.63, 3.8) is 0 Å². The molecule has 0 amide bonds. The van der Waals surface area contributed by atoms with Crippen LogP contribution in [0.25, 0.3) is 11.1 Å². The Labute approximate surface area is 180 Å². The fourth-order valence-electron chi connectivity index (χ4n) is 2.83. The summed E-state index contributed by atoms with van der Waals surface area (Å²) in [6.45, 7) is 15.7. The molecule has 0 N–H and O–H groups in total. The lowest BCUT2D eigenvalue weighted by molar-refractivity contribution is 0.425. The Morgan fingerprint density at radius 1 is 0.679 bits per heavy atom. The first-order valence-electron chi connectivity index (χ1n) is 11.2. The van der Waals surface area contributed by atoms with Gasteiger partial charge < -0.3 is 0 Å². The van der Waals surface area contributed by atoms with E-state index in [9.17, 15) is 0 Å². The molecule has 2 rings (SSSR count). The van der Waals surface area contributed by atoms with Gasteiger partial charge in [-0.15, -0.1) is 0 Å². The largest absolute Gasteiger partial charge is 0.0843 e. The van der Waals surface area contributed by atoms with Crippen molar-refractivity contribution in [2.24, 2.45) is 11.8 Å². The van der Waals surface area contributed by atoms with E-state index >= 15 is 0 Å². The molecule has 1 heteroatoms. The molecule has 0 nitrogen and oxygen atoms in total. The average Bonchev–Trinajstić information content (AvgIpc) is 2.68. The number of benzene rings is 2. The summed E-state index contributed by atoms with van der Waals surface area (Å²) < 4.78 is 0. The Morgan fingerprint density at radius 3 is 1.54 bits per heavy atom. The number of hydrogen-bond acceptors (Lipinski definition) is 0. The molecule has 0 radical (unpaired) electrons. The normalized spacial score (nSPS) is 11.2. The van der Waals surface area contributed by atoms with Crippen molar-refractivity contribution in [1.82, 2.24) is 0 Å². The average molecular weight is 403 g/mol. The maximum atomic E-state index is 5.85. The van der Waals surface area contributed by atoms with Crippen LogP contribution in [0.3, 0.4) is 0 Å². The summed E-state index contributed by atoms with van der Waals surface area (Å²) in [5, 5.41) is 0.781. The topological polar surface area (TPSA) is 0 Å². The highest BCUT2D eigenvalue weighted by Crippen LogP contribution is 2.22. The van der Waals surface area contributed by atoms with E-state index < -0.39 is 0 Å². The van der Waals surface area contributed by atoms with Gasteiger partial charge in [-0.25, -0.2) is 0 Å². The first-order valence-corrected chi connectivity index (χ1v) is 11.6. The fraction of sp³-hybridized carbons (Fsp3) is 0.556. The SMILES string of the molecule is CCC.CCCC(C)CCC(C)C.CCc1ccc(-c2ccc(Cl)cc2)cc1. The van der Waals surface area contributed by atoms with E-state index in [4.69, 9.17) is 11.6 Å². The molecular weight excluding hydrogens is 360 g/mol. The molecule has 0 bridgehead atoms. The van der Waals surface area contributed by atoms with Crippen LogP contribution in [0, 0.1) is 11.8 Å². The zero-order chi connectivity index (χ0) is 21.4. The second kappa shape index (κ2) is 16.7. The van der Waals surface area contributed by atoms with Crippen LogP contribution in [0.5, 0.6) is 0 Å². The predicted molar refractivity (Wildman–Crippen MR) is 130 cm³/mol. The van der Waals surface area contributed by atoms with Crippen LogP contribution >= 0.6 is 11.6 Å². The highest BCUT2D eigenvalue weighted by molar-refractivity contribution is 6.30. The summed E-state index contributed by atoms with van der Waals surface area (Å²) in [7, 11) is 0. The lowest BCUT2D eigenvalue weighted by atomic mass is 9.96. The zero-order valence-corrected chi connectivity index (χ0v) is 20.2. The second-order valence-electron chi connectivity index (χ2n) is 8.13. The van der Waals surface area contributed by atoms with Crippen LogP contribution in [0.1, 0.15) is 86.1 Å². The van der Waals surface area contributed by atoms with Gasteiger partial charge in [0, 0.05) is 5.02 Å². The molecule has 0 saturated heterocycles. The van der Waals surface area contributed by atoms with Crippen molar-refractivity contribution < 1.29 is 0 Å². The third kappa shape index (κ3) is 13.0. The number of rotatable bonds is 7. The van der Waals surface area contributed by atoms with E-state index in [2.05, 4.69) is 72.7 Å². The van der Waals surface area contributed by atoms with Crippen molar-refractivity contribution in [2.75, 3.05) is 0 Å². The Morgan fingerprint density at radius 2 is 1.14 bits per heavy atom. The molecule has 1 atom stereocenters. The maximum absolute atomic E-state index is 5.85. The monoisotopic (exact) mass is 402 g/mol. The Kier molecular flexibility index (Phi) is 15.9. The summed E-state index contributed by atoms with van der Waals surface area (Å²) in [6.07, 6.45) is 7.92. The van der Waals surface area contributed by atoms with Crippen molar-refractivity contribution in [3.8, 4) is 11.1 Å². The smallest absolute Gasteiger partial charge is 0.0406 e. The third-order valence-corrected chi connectivity index (χ3v) is 4.81. The number of hydrogen-bond donors (Lipinski definition) is 0. The first-order chi connectivity index (χ1) is 13.4. The second-order valence-corrected chi connectivity index (χ2v) is 8.57. The Balaban J connectivity index is 0.000000489. The molecule has 0 saturated carbocycles. The van der Waals surface area contributed by atoms with E-state index in [0.717, 1.165) is 23.3 Å². The minimum Gasteiger partial charge on any atom is -0.0843 e.